The van der Waals surface area contributed by atoms with Crippen molar-refractivity contribution in [2.45, 2.75) is 6.54 Å². The lowest BCUT2D eigenvalue weighted by molar-refractivity contribution is 0.672. The number of hydrogen-bond donors (Lipinski definition) is 1. The van der Waals surface area contributed by atoms with E-state index < -0.39 is 10.8 Å². The molecule has 2 rings (SSSR count). The van der Waals surface area contributed by atoms with Crippen molar-refractivity contribution in [1.29, 1.82) is 0 Å². The van der Waals surface area contributed by atoms with Crippen LogP contribution in [0.15, 0.2) is 23.2 Å². The Kier molecular flexibility index (Phi) is 4.25. The van der Waals surface area contributed by atoms with Crippen molar-refractivity contribution < 1.29 is 4.21 Å². The number of rotatable bonds is 5. The van der Waals surface area contributed by atoms with Crippen LogP contribution in [0, 0.1) is 0 Å². The molecule has 0 aliphatic rings. The van der Waals surface area contributed by atoms with Crippen LogP contribution in [0.5, 0.6) is 0 Å². The van der Waals surface area contributed by atoms with E-state index in [1.54, 1.807) is 12.5 Å². The summed E-state index contributed by atoms with van der Waals surface area (Å²) in [5, 5.41) is 3.24. The normalized spacial score (nSPS) is 13.1. The van der Waals surface area contributed by atoms with Gasteiger partial charge in [-0.2, -0.15) is 0 Å². The maximum atomic E-state index is 10.9. The second kappa shape index (κ2) is 5.70. The average Bonchev–Trinajstić information content (AvgIpc) is 2.67. The Morgan fingerprint density at radius 1 is 1.47 bits per heavy atom. The molecule has 0 bridgehead atoms. The van der Waals surface area contributed by atoms with Gasteiger partial charge in [0.05, 0.1) is 18.1 Å². The number of nitrogens with one attached hydrogen (secondary N) is 1. The SMILES string of the molecule is CS(=O)CCNCc1cnc2cnc(Br)cn12. The number of fused-ring (bicyclic) bond motifs is 1. The first-order chi connectivity index (χ1) is 8.16. The lowest BCUT2D eigenvalue weighted by Gasteiger charge is -2.03. The Morgan fingerprint density at radius 3 is 3.06 bits per heavy atom. The molecule has 0 amide bonds. The molecule has 17 heavy (non-hydrogen) atoms. The number of halogens is 1. The first-order valence-electron chi connectivity index (χ1n) is 5.15. The molecule has 1 atom stereocenters. The van der Waals surface area contributed by atoms with Crippen LogP contribution < -0.4 is 5.32 Å². The van der Waals surface area contributed by atoms with Gasteiger partial charge >= 0.3 is 0 Å². The molecule has 5 nitrogen and oxygen atoms in total. The maximum Gasteiger partial charge on any atom is 0.155 e. The van der Waals surface area contributed by atoms with Crippen molar-refractivity contribution >= 4 is 32.4 Å². The summed E-state index contributed by atoms with van der Waals surface area (Å²) in [5.41, 5.74) is 1.88. The minimum atomic E-state index is -0.747. The fraction of sp³-hybridized carbons (Fsp3) is 0.400. The number of aromatic nitrogens is 3. The highest BCUT2D eigenvalue weighted by molar-refractivity contribution is 9.10. The summed E-state index contributed by atoms with van der Waals surface area (Å²) >= 11 is 3.33. The molecule has 0 radical (unpaired) electrons. The predicted molar refractivity (Wildman–Crippen MR) is 71.3 cm³/mol. The van der Waals surface area contributed by atoms with Crippen LogP contribution >= 0.6 is 15.9 Å². The van der Waals surface area contributed by atoms with E-state index in [-0.39, 0.29) is 0 Å². The van der Waals surface area contributed by atoms with E-state index in [1.165, 1.54) is 0 Å². The molecule has 92 valence electrons. The number of hydrogen-bond acceptors (Lipinski definition) is 4. The van der Waals surface area contributed by atoms with Gasteiger partial charge in [0.2, 0.25) is 0 Å². The Bertz CT molecular complexity index is 542. The maximum absolute atomic E-state index is 10.9. The van der Waals surface area contributed by atoms with Crippen LogP contribution in [0.3, 0.4) is 0 Å². The monoisotopic (exact) mass is 316 g/mol. The summed E-state index contributed by atoms with van der Waals surface area (Å²) in [5.74, 6) is 0.669. The molecule has 0 aromatic carbocycles. The van der Waals surface area contributed by atoms with Gasteiger partial charge in [0.15, 0.2) is 5.65 Å². The zero-order valence-electron chi connectivity index (χ0n) is 9.39. The van der Waals surface area contributed by atoms with Gasteiger partial charge < -0.3 is 5.32 Å². The summed E-state index contributed by atoms with van der Waals surface area (Å²) in [7, 11) is -0.747. The summed E-state index contributed by atoms with van der Waals surface area (Å²) < 4.78 is 13.7. The standard InChI is InChI=1S/C10H13BrN4OS/c1-17(16)3-2-12-4-8-5-14-10-6-13-9(11)7-15(8)10/h5-7,12H,2-4H2,1H3. The van der Waals surface area contributed by atoms with Gasteiger partial charge in [-0.3, -0.25) is 8.61 Å². The van der Waals surface area contributed by atoms with Crippen molar-refractivity contribution in [3.63, 3.8) is 0 Å². The summed E-state index contributed by atoms with van der Waals surface area (Å²) in [6, 6.07) is 0. The molecule has 0 saturated heterocycles. The average molecular weight is 317 g/mol. The van der Waals surface area contributed by atoms with Crippen LogP contribution in [-0.2, 0) is 17.3 Å². The third-order valence-corrected chi connectivity index (χ3v) is 3.50. The zero-order valence-corrected chi connectivity index (χ0v) is 11.8. The molecule has 2 aromatic heterocycles. The Morgan fingerprint density at radius 2 is 2.29 bits per heavy atom. The smallest absolute Gasteiger partial charge is 0.155 e. The third-order valence-electron chi connectivity index (χ3n) is 2.31. The van der Waals surface area contributed by atoms with Gasteiger partial charge in [-0.15, -0.1) is 0 Å². The minimum Gasteiger partial charge on any atom is -0.310 e. The lowest BCUT2D eigenvalue weighted by atomic mass is 10.4. The van der Waals surface area contributed by atoms with Crippen molar-refractivity contribution in [1.82, 2.24) is 19.7 Å². The van der Waals surface area contributed by atoms with Crippen molar-refractivity contribution in [2.24, 2.45) is 0 Å². The predicted octanol–water partition coefficient (Wildman–Crippen LogP) is 0.960. The largest absolute Gasteiger partial charge is 0.310 e. The zero-order chi connectivity index (χ0) is 12.3. The van der Waals surface area contributed by atoms with Crippen molar-refractivity contribution in [2.75, 3.05) is 18.6 Å². The van der Waals surface area contributed by atoms with Gasteiger partial charge in [-0.1, -0.05) is 0 Å². The van der Waals surface area contributed by atoms with Gasteiger partial charge in [-0.05, 0) is 15.9 Å². The van der Waals surface area contributed by atoms with Crippen LogP contribution in [0.2, 0.25) is 0 Å². The first-order valence-corrected chi connectivity index (χ1v) is 7.67. The number of nitrogens with zero attached hydrogens (tertiary/aromatic N) is 3. The summed E-state index contributed by atoms with van der Waals surface area (Å²) in [4.78, 5) is 8.37. The van der Waals surface area contributed by atoms with Crippen molar-refractivity contribution in [3.05, 3.63) is 28.9 Å². The van der Waals surface area contributed by atoms with E-state index in [2.05, 4.69) is 31.2 Å². The van der Waals surface area contributed by atoms with E-state index in [1.807, 2.05) is 16.8 Å². The second-order valence-electron chi connectivity index (χ2n) is 3.64. The third kappa shape index (κ3) is 3.34. The van der Waals surface area contributed by atoms with Crippen molar-refractivity contribution in [3.8, 4) is 0 Å². The van der Waals surface area contributed by atoms with E-state index in [0.29, 0.717) is 12.3 Å². The van der Waals surface area contributed by atoms with Gasteiger partial charge in [0.1, 0.15) is 4.60 Å². The van der Waals surface area contributed by atoms with Crippen LogP contribution in [-0.4, -0.2) is 37.1 Å². The molecule has 2 heterocycles. The molecule has 7 heteroatoms. The molecule has 0 spiro atoms. The van der Waals surface area contributed by atoms with E-state index in [4.69, 9.17) is 0 Å². The minimum absolute atomic E-state index is 0.669. The fourth-order valence-corrected chi connectivity index (χ4v) is 2.22. The van der Waals surface area contributed by atoms with Gasteiger partial charge in [0.25, 0.3) is 0 Å². The quantitative estimate of drug-likeness (QED) is 0.835. The lowest BCUT2D eigenvalue weighted by Crippen LogP contribution is -2.20. The van der Waals surface area contributed by atoms with E-state index in [0.717, 1.165) is 22.5 Å². The molecule has 1 N–H and O–H groups in total. The Hall–Kier alpha value is -0.790. The van der Waals surface area contributed by atoms with E-state index >= 15 is 0 Å². The fourth-order valence-electron chi connectivity index (χ4n) is 1.48. The highest BCUT2D eigenvalue weighted by Gasteiger charge is 2.03. The van der Waals surface area contributed by atoms with Gasteiger partial charge in [0, 0.05) is 42.1 Å². The topological polar surface area (TPSA) is 59.3 Å². The van der Waals surface area contributed by atoms with Crippen LogP contribution in [0.25, 0.3) is 5.65 Å². The molecular weight excluding hydrogens is 304 g/mol. The molecule has 0 aliphatic heterocycles. The summed E-state index contributed by atoms with van der Waals surface area (Å²) in [6.45, 7) is 1.44. The molecule has 2 aromatic rings. The van der Waals surface area contributed by atoms with E-state index in [9.17, 15) is 4.21 Å². The Labute approximate surface area is 110 Å². The molecule has 0 saturated carbocycles. The second-order valence-corrected chi connectivity index (χ2v) is 6.01. The first kappa shape index (κ1) is 12.7. The molecule has 1 unspecified atom stereocenters. The van der Waals surface area contributed by atoms with Crippen LogP contribution in [0.1, 0.15) is 5.69 Å². The highest BCUT2D eigenvalue weighted by Crippen LogP contribution is 2.10. The summed E-state index contributed by atoms with van der Waals surface area (Å²) in [6.07, 6.45) is 7.13. The molecular formula is C10H13BrN4OS. The van der Waals surface area contributed by atoms with Gasteiger partial charge in [-0.25, -0.2) is 9.97 Å². The van der Waals surface area contributed by atoms with Crippen LogP contribution in [0.4, 0.5) is 0 Å². The Balaban J connectivity index is 2.03. The number of imidazole rings is 1. The molecule has 0 aliphatic carbocycles. The highest BCUT2D eigenvalue weighted by atomic mass is 79.9. The molecule has 0 fully saturated rings.